The van der Waals surface area contributed by atoms with Gasteiger partial charge in [0.15, 0.2) is 0 Å². The molecule has 3 heteroatoms. The molecule has 0 saturated carbocycles. The zero-order chi connectivity index (χ0) is 6.83. The Kier molecular flexibility index (Phi) is 42.4. The molecule has 0 N–H and O–H groups in total. The summed E-state index contributed by atoms with van der Waals surface area (Å²) in [6, 6.07) is 0. The summed E-state index contributed by atoms with van der Waals surface area (Å²) in [5, 5.41) is 18.5. The Hall–Kier alpha value is 0.686. The quantitative estimate of drug-likeness (QED) is 0.471. The molecule has 0 unspecified atom stereocenters. The van der Waals surface area contributed by atoms with Crippen molar-refractivity contribution < 1.29 is 10.2 Å². The second kappa shape index (κ2) is 23.4. The van der Waals surface area contributed by atoms with Crippen molar-refractivity contribution in [3.8, 4) is 0 Å². The first-order valence-corrected chi connectivity index (χ1v) is 2.99. The Labute approximate surface area is 73.4 Å². The number of unbranched alkanes of at least 4 members (excludes halogenated alkanes) is 1. The van der Waals surface area contributed by atoms with Crippen molar-refractivity contribution in [1.29, 1.82) is 0 Å². The molecule has 2 nitrogen and oxygen atoms in total. The maximum atomic E-state index is 9.53. The third-order valence-corrected chi connectivity index (χ3v) is 0.498. The average molecular weight is 142 g/mol. The molecule has 0 aliphatic rings. The van der Waals surface area contributed by atoms with Gasteiger partial charge in [-0.2, -0.15) is 0 Å². The number of rotatable bonds is 2. The summed E-state index contributed by atoms with van der Waals surface area (Å²) in [6.45, 7) is 3.68. The summed E-state index contributed by atoms with van der Waals surface area (Å²) in [7, 11) is 0. The van der Waals surface area contributed by atoms with Crippen molar-refractivity contribution in [3.05, 3.63) is 0 Å². The van der Waals surface area contributed by atoms with Crippen LogP contribution >= 0.6 is 0 Å². The first-order valence-electron chi connectivity index (χ1n) is 2.99. The number of hydrogen-bond donors (Lipinski definition) is 0. The van der Waals surface area contributed by atoms with Crippen LogP contribution in [-0.2, 0) is 0 Å². The van der Waals surface area contributed by atoms with E-state index in [1.54, 1.807) is 6.92 Å². The van der Waals surface area contributed by atoms with Gasteiger partial charge in [-0.15, -0.1) is 13.2 Å². The largest absolute Gasteiger partial charge is 2.00 e. The first kappa shape index (κ1) is 16.3. The van der Waals surface area contributed by atoms with Gasteiger partial charge in [0, 0.05) is 0 Å². The van der Waals surface area contributed by atoms with Gasteiger partial charge in [0.05, 0.1) is 0 Å². The van der Waals surface area contributed by atoms with E-state index in [0.29, 0.717) is 0 Å². The van der Waals surface area contributed by atoms with Crippen LogP contribution in [0.4, 0.5) is 0 Å². The molecule has 0 fully saturated rings. The SMILES string of the molecule is CCCC[O-].CC[O-].[Mg+2]. The van der Waals surface area contributed by atoms with Gasteiger partial charge in [0.25, 0.3) is 0 Å². The molecule has 0 aromatic rings. The van der Waals surface area contributed by atoms with E-state index < -0.39 is 0 Å². The van der Waals surface area contributed by atoms with Crippen LogP contribution in [-0.4, -0.2) is 36.3 Å². The van der Waals surface area contributed by atoms with Crippen molar-refractivity contribution in [2.75, 3.05) is 13.2 Å². The van der Waals surface area contributed by atoms with Gasteiger partial charge in [0.2, 0.25) is 0 Å². The summed E-state index contributed by atoms with van der Waals surface area (Å²) in [5.41, 5.74) is 0. The van der Waals surface area contributed by atoms with E-state index in [1.807, 2.05) is 6.92 Å². The molecule has 0 aliphatic heterocycles. The fourth-order valence-corrected chi connectivity index (χ4v) is 0.144. The van der Waals surface area contributed by atoms with Crippen LogP contribution in [0.5, 0.6) is 0 Å². The minimum Gasteiger partial charge on any atom is -0.855 e. The number of hydrogen-bond acceptors (Lipinski definition) is 2. The fraction of sp³-hybridized carbons (Fsp3) is 1.00. The molecule has 0 amide bonds. The third kappa shape index (κ3) is 53.8. The monoisotopic (exact) mass is 142 g/mol. The fourth-order valence-electron chi connectivity index (χ4n) is 0.144. The topological polar surface area (TPSA) is 46.1 Å². The predicted octanol–water partition coefficient (Wildman–Crippen LogP) is -0.867. The van der Waals surface area contributed by atoms with Crippen LogP contribution in [0.3, 0.4) is 0 Å². The Morgan fingerprint density at radius 3 is 1.44 bits per heavy atom. The summed E-state index contributed by atoms with van der Waals surface area (Å²) in [5.74, 6) is 0. The minimum atomic E-state index is 0. The van der Waals surface area contributed by atoms with Crippen LogP contribution in [0.25, 0.3) is 0 Å². The summed E-state index contributed by atoms with van der Waals surface area (Å²) in [4.78, 5) is 0. The Balaban J connectivity index is -0.0000000800. The van der Waals surface area contributed by atoms with Crippen LogP contribution in [0.2, 0.25) is 0 Å². The van der Waals surface area contributed by atoms with Crippen molar-refractivity contribution in [2.45, 2.75) is 26.7 Å². The standard InChI is InChI=1S/C4H9O.C2H5O.Mg/c1-2-3-4-5;1-2-3;/h2-4H2,1H3;2H2,1H3;/q2*-1;+2. The van der Waals surface area contributed by atoms with Gasteiger partial charge in [-0.1, -0.05) is 26.7 Å². The van der Waals surface area contributed by atoms with Crippen molar-refractivity contribution in [3.63, 3.8) is 0 Å². The van der Waals surface area contributed by atoms with Crippen LogP contribution in [0.1, 0.15) is 26.7 Å². The summed E-state index contributed by atoms with van der Waals surface area (Å²) >= 11 is 0. The van der Waals surface area contributed by atoms with Gasteiger partial charge in [-0.25, -0.2) is 0 Å². The van der Waals surface area contributed by atoms with Gasteiger partial charge >= 0.3 is 23.1 Å². The van der Waals surface area contributed by atoms with Gasteiger partial charge in [-0.3, -0.25) is 0 Å². The van der Waals surface area contributed by atoms with E-state index in [-0.39, 0.29) is 36.3 Å². The molecule has 0 radical (unpaired) electrons. The molecule has 9 heavy (non-hydrogen) atoms. The average Bonchev–Trinajstić information content (AvgIpc) is 1.71. The van der Waals surface area contributed by atoms with Crippen LogP contribution < -0.4 is 10.2 Å². The van der Waals surface area contributed by atoms with E-state index >= 15 is 0 Å². The molecule has 0 aromatic heterocycles. The van der Waals surface area contributed by atoms with Crippen molar-refractivity contribution >= 4 is 23.1 Å². The third-order valence-electron chi connectivity index (χ3n) is 0.498. The molecule has 0 heterocycles. The van der Waals surface area contributed by atoms with Crippen molar-refractivity contribution in [1.82, 2.24) is 0 Å². The maximum Gasteiger partial charge on any atom is 2.00 e. The smallest absolute Gasteiger partial charge is 0.855 e. The minimum absolute atomic E-state index is 0. The summed E-state index contributed by atoms with van der Waals surface area (Å²) < 4.78 is 0. The molecule has 0 aromatic carbocycles. The van der Waals surface area contributed by atoms with E-state index in [9.17, 15) is 5.11 Å². The Morgan fingerprint density at radius 1 is 1.11 bits per heavy atom. The van der Waals surface area contributed by atoms with E-state index in [0.717, 1.165) is 12.8 Å². The van der Waals surface area contributed by atoms with Gasteiger partial charge in [-0.05, 0) is 0 Å². The predicted molar refractivity (Wildman–Crippen MR) is 36.1 cm³/mol. The molecule has 52 valence electrons. The zero-order valence-electron chi connectivity index (χ0n) is 6.35. The van der Waals surface area contributed by atoms with E-state index in [1.165, 1.54) is 0 Å². The summed E-state index contributed by atoms with van der Waals surface area (Å²) in [6.07, 6.45) is 1.86. The Bertz CT molecular complexity index is 25.0. The zero-order valence-corrected chi connectivity index (χ0v) is 7.77. The molecule has 0 bridgehead atoms. The Morgan fingerprint density at radius 2 is 1.44 bits per heavy atom. The molecule has 0 rings (SSSR count). The van der Waals surface area contributed by atoms with Gasteiger partial charge < -0.3 is 10.2 Å². The first-order chi connectivity index (χ1) is 3.83. The van der Waals surface area contributed by atoms with Crippen molar-refractivity contribution in [2.24, 2.45) is 0 Å². The van der Waals surface area contributed by atoms with E-state index in [2.05, 4.69) is 0 Å². The molecule has 0 atom stereocenters. The van der Waals surface area contributed by atoms with E-state index in [4.69, 9.17) is 5.11 Å². The van der Waals surface area contributed by atoms with Crippen LogP contribution in [0, 0.1) is 0 Å². The van der Waals surface area contributed by atoms with Gasteiger partial charge in [0.1, 0.15) is 0 Å². The molecule has 0 aliphatic carbocycles. The molecular formula is C6H14MgO2. The second-order valence-electron chi connectivity index (χ2n) is 1.35. The van der Waals surface area contributed by atoms with Crippen LogP contribution in [0.15, 0.2) is 0 Å². The molecular weight excluding hydrogens is 128 g/mol. The second-order valence-corrected chi connectivity index (χ2v) is 1.35. The normalized spacial score (nSPS) is 6.67. The maximum absolute atomic E-state index is 9.53. The molecule has 0 saturated heterocycles. The molecule has 0 spiro atoms.